The maximum absolute atomic E-state index is 12.5. The fraction of sp³-hybridized carbons (Fsp3) is 0.211. The van der Waals surface area contributed by atoms with Gasteiger partial charge in [0, 0.05) is 24.3 Å². The van der Waals surface area contributed by atoms with Crippen LogP contribution in [0.1, 0.15) is 29.8 Å². The van der Waals surface area contributed by atoms with Crippen molar-refractivity contribution >= 4 is 17.5 Å². The summed E-state index contributed by atoms with van der Waals surface area (Å²) >= 11 is 0. The number of hydrogen-bond acceptors (Lipinski definition) is 2. The molecule has 0 radical (unpaired) electrons. The zero-order chi connectivity index (χ0) is 15.1. The first-order valence-electron chi connectivity index (χ1n) is 7.37. The minimum atomic E-state index is 0.0429. The highest BCUT2D eigenvalue weighted by molar-refractivity contribution is 6.10. The van der Waals surface area contributed by atoms with Crippen LogP contribution < -0.4 is 4.90 Å². The molecule has 2 aromatic carbocycles. The first kappa shape index (κ1) is 15.0. The Balaban J connectivity index is 2.25. The van der Waals surface area contributed by atoms with Crippen molar-refractivity contribution in [2.75, 3.05) is 18.0 Å². The number of para-hydroxylation sites is 1. The van der Waals surface area contributed by atoms with E-state index in [1.54, 1.807) is 6.08 Å². The van der Waals surface area contributed by atoms with E-state index in [1.807, 2.05) is 60.7 Å². The van der Waals surface area contributed by atoms with Gasteiger partial charge in [-0.25, -0.2) is 0 Å². The SMILES string of the molecule is CCN(CC)c1ccccc1C(=O)C=Cc1ccccc1. The van der Waals surface area contributed by atoms with Gasteiger partial charge in [-0.15, -0.1) is 0 Å². The molecule has 0 saturated heterocycles. The van der Waals surface area contributed by atoms with E-state index < -0.39 is 0 Å². The van der Waals surface area contributed by atoms with Crippen molar-refractivity contribution in [1.29, 1.82) is 0 Å². The Morgan fingerprint density at radius 2 is 1.57 bits per heavy atom. The zero-order valence-corrected chi connectivity index (χ0v) is 12.6. The van der Waals surface area contributed by atoms with Gasteiger partial charge in [0.05, 0.1) is 0 Å². The lowest BCUT2D eigenvalue weighted by atomic mass is 10.1. The van der Waals surface area contributed by atoms with Gasteiger partial charge in [-0.1, -0.05) is 48.5 Å². The second-order valence-corrected chi connectivity index (χ2v) is 4.80. The van der Waals surface area contributed by atoms with Crippen molar-refractivity contribution in [1.82, 2.24) is 0 Å². The predicted octanol–water partition coefficient (Wildman–Crippen LogP) is 4.43. The van der Waals surface area contributed by atoms with E-state index >= 15 is 0 Å². The maximum atomic E-state index is 12.5. The van der Waals surface area contributed by atoms with Crippen molar-refractivity contribution in [3.05, 3.63) is 71.8 Å². The average molecular weight is 279 g/mol. The summed E-state index contributed by atoms with van der Waals surface area (Å²) in [6.07, 6.45) is 3.51. The van der Waals surface area contributed by atoms with E-state index in [9.17, 15) is 4.79 Å². The quantitative estimate of drug-likeness (QED) is 0.576. The summed E-state index contributed by atoms with van der Waals surface area (Å²) in [7, 11) is 0. The molecule has 0 spiro atoms. The summed E-state index contributed by atoms with van der Waals surface area (Å²) in [6.45, 7) is 5.99. The number of allylic oxidation sites excluding steroid dienone is 1. The van der Waals surface area contributed by atoms with Crippen molar-refractivity contribution < 1.29 is 4.79 Å². The zero-order valence-electron chi connectivity index (χ0n) is 12.6. The minimum Gasteiger partial charge on any atom is -0.371 e. The van der Waals surface area contributed by atoms with Crippen LogP contribution in [0.4, 0.5) is 5.69 Å². The number of hydrogen-bond donors (Lipinski definition) is 0. The lowest BCUT2D eigenvalue weighted by molar-refractivity contribution is 0.104. The van der Waals surface area contributed by atoms with Gasteiger partial charge < -0.3 is 4.90 Å². The molecular weight excluding hydrogens is 258 g/mol. The van der Waals surface area contributed by atoms with Gasteiger partial charge in [0.25, 0.3) is 0 Å². The van der Waals surface area contributed by atoms with E-state index in [-0.39, 0.29) is 5.78 Å². The van der Waals surface area contributed by atoms with E-state index in [0.29, 0.717) is 0 Å². The summed E-state index contributed by atoms with van der Waals surface area (Å²) in [5.41, 5.74) is 2.80. The second kappa shape index (κ2) is 7.44. The fourth-order valence-corrected chi connectivity index (χ4v) is 2.35. The molecule has 0 fully saturated rings. The van der Waals surface area contributed by atoms with Gasteiger partial charge >= 0.3 is 0 Å². The Labute approximate surface area is 126 Å². The molecule has 21 heavy (non-hydrogen) atoms. The summed E-state index contributed by atoms with van der Waals surface area (Å²) in [5.74, 6) is 0.0429. The van der Waals surface area contributed by atoms with Crippen LogP contribution in [0.5, 0.6) is 0 Å². The molecule has 108 valence electrons. The van der Waals surface area contributed by atoms with Crippen molar-refractivity contribution in [2.24, 2.45) is 0 Å². The van der Waals surface area contributed by atoms with Gasteiger partial charge in [0.1, 0.15) is 0 Å². The lowest BCUT2D eigenvalue weighted by Gasteiger charge is -2.23. The van der Waals surface area contributed by atoms with Crippen LogP contribution in [-0.4, -0.2) is 18.9 Å². The number of carbonyl (C=O) groups excluding carboxylic acids is 1. The number of carbonyl (C=O) groups is 1. The molecule has 0 bridgehead atoms. The largest absolute Gasteiger partial charge is 0.371 e. The maximum Gasteiger partial charge on any atom is 0.187 e. The van der Waals surface area contributed by atoms with E-state index in [1.165, 1.54) is 0 Å². The Kier molecular flexibility index (Phi) is 5.33. The summed E-state index contributed by atoms with van der Waals surface area (Å²) in [6, 6.07) is 17.7. The standard InChI is InChI=1S/C19H21NO/c1-3-20(4-2)18-13-9-8-12-17(18)19(21)15-14-16-10-6-5-7-11-16/h5-15H,3-4H2,1-2H3. The van der Waals surface area contributed by atoms with E-state index in [2.05, 4.69) is 18.7 Å². The Bertz CT molecular complexity index is 612. The van der Waals surface area contributed by atoms with Gasteiger partial charge in [-0.05, 0) is 37.6 Å². The third-order valence-electron chi connectivity index (χ3n) is 3.50. The molecular formula is C19H21NO. The van der Waals surface area contributed by atoms with Gasteiger partial charge in [0.15, 0.2) is 5.78 Å². The fourth-order valence-electron chi connectivity index (χ4n) is 2.35. The molecule has 0 aliphatic carbocycles. The Morgan fingerprint density at radius 1 is 0.952 bits per heavy atom. The molecule has 0 aliphatic rings. The van der Waals surface area contributed by atoms with Crippen LogP contribution in [0.25, 0.3) is 6.08 Å². The third kappa shape index (κ3) is 3.82. The molecule has 2 heteroatoms. The molecule has 0 atom stereocenters. The highest BCUT2D eigenvalue weighted by atomic mass is 16.1. The smallest absolute Gasteiger partial charge is 0.187 e. The summed E-state index contributed by atoms with van der Waals surface area (Å²) in [5, 5.41) is 0. The molecule has 0 saturated carbocycles. The van der Waals surface area contributed by atoms with Crippen molar-refractivity contribution in [2.45, 2.75) is 13.8 Å². The molecule has 0 N–H and O–H groups in total. The highest BCUT2D eigenvalue weighted by Gasteiger charge is 2.12. The van der Waals surface area contributed by atoms with Crippen LogP contribution in [0, 0.1) is 0 Å². The molecule has 2 nitrogen and oxygen atoms in total. The topological polar surface area (TPSA) is 20.3 Å². The minimum absolute atomic E-state index is 0.0429. The monoisotopic (exact) mass is 279 g/mol. The Hall–Kier alpha value is -2.35. The normalized spacial score (nSPS) is 10.8. The molecule has 0 aromatic heterocycles. The number of benzene rings is 2. The molecule has 0 amide bonds. The number of nitrogens with zero attached hydrogens (tertiary/aromatic N) is 1. The second-order valence-electron chi connectivity index (χ2n) is 4.80. The van der Waals surface area contributed by atoms with E-state index in [4.69, 9.17) is 0 Å². The lowest BCUT2D eigenvalue weighted by Crippen LogP contribution is -2.23. The molecule has 0 aliphatic heterocycles. The van der Waals surface area contributed by atoms with Crippen LogP contribution in [0.2, 0.25) is 0 Å². The number of anilines is 1. The van der Waals surface area contributed by atoms with Crippen LogP contribution in [-0.2, 0) is 0 Å². The van der Waals surface area contributed by atoms with Crippen molar-refractivity contribution in [3.63, 3.8) is 0 Å². The van der Waals surface area contributed by atoms with Crippen LogP contribution in [0.15, 0.2) is 60.7 Å². The highest BCUT2D eigenvalue weighted by Crippen LogP contribution is 2.21. The van der Waals surface area contributed by atoms with Crippen LogP contribution in [0.3, 0.4) is 0 Å². The summed E-state index contributed by atoms with van der Waals surface area (Å²) in [4.78, 5) is 14.7. The Morgan fingerprint density at radius 3 is 2.24 bits per heavy atom. The third-order valence-corrected chi connectivity index (χ3v) is 3.50. The number of rotatable bonds is 6. The van der Waals surface area contributed by atoms with Crippen LogP contribution >= 0.6 is 0 Å². The van der Waals surface area contributed by atoms with Gasteiger partial charge in [-0.2, -0.15) is 0 Å². The first-order chi connectivity index (χ1) is 10.3. The predicted molar refractivity (Wildman–Crippen MR) is 89.8 cm³/mol. The van der Waals surface area contributed by atoms with E-state index in [0.717, 1.165) is 29.9 Å². The van der Waals surface area contributed by atoms with Gasteiger partial charge in [-0.3, -0.25) is 4.79 Å². The molecule has 0 heterocycles. The molecule has 2 aromatic rings. The van der Waals surface area contributed by atoms with Gasteiger partial charge in [0.2, 0.25) is 0 Å². The molecule has 2 rings (SSSR count). The summed E-state index contributed by atoms with van der Waals surface area (Å²) < 4.78 is 0. The molecule has 0 unspecified atom stereocenters. The first-order valence-corrected chi connectivity index (χ1v) is 7.37. The average Bonchev–Trinajstić information content (AvgIpc) is 2.55. The van der Waals surface area contributed by atoms with Crippen molar-refractivity contribution in [3.8, 4) is 0 Å². The number of ketones is 1.